The number of ether oxygens (including phenoxy) is 4. The van der Waals surface area contributed by atoms with Crippen molar-refractivity contribution >= 4 is 5.78 Å². The lowest BCUT2D eigenvalue weighted by molar-refractivity contribution is -0.193. The molecule has 6 nitrogen and oxygen atoms in total. The van der Waals surface area contributed by atoms with E-state index in [0.29, 0.717) is 12.8 Å². The molecule has 0 bridgehead atoms. The Kier molecular flexibility index (Phi) is 13.4. The molecule has 4 rings (SSSR count). The van der Waals surface area contributed by atoms with Gasteiger partial charge in [-0.15, -0.1) is 0 Å². The van der Waals surface area contributed by atoms with Gasteiger partial charge in [0.05, 0.1) is 18.3 Å². The Balaban J connectivity index is 1.44. The quantitative estimate of drug-likeness (QED) is 0.192. The van der Waals surface area contributed by atoms with Gasteiger partial charge < -0.3 is 28.8 Å². The molecule has 7 atom stereocenters. The Bertz CT molecular complexity index is 902. The predicted molar refractivity (Wildman–Crippen MR) is 157 cm³/mol. The summed E-state index contributed by atoms with van der Waals surface area (Å²) in [5.74, 6) is 0.365. The summed E-state index contributed by atoms with van der Waals surface area (Å²) in [6.45, 7) is 3.14. The summed E-state index contributed by atoms with van der Waals surface area (Å²) in [6, 6.07) is 10.5. The number of carbonyl (C=O) groups excluding carboxylic acids is 1. The van der Waals surface area contributed by atoms with E-state index in [-0.39, 0.29) is 42.4 Å². The van der Waals surface area contributed by atoms with Gasteiger partial charge in [-0.1, -0.05) is 54.6 Å². The van der Waals surface area contributed by atoms with E-state index in [9.17, 15) is 9.90 Å². The van der Waals surface area contributed by atoms with Gasteiger partial charge in [-0.25, -0.2) is 0 Å². The molecule has 1 N–H and O–H groups in total. The number of unbranched alkanes of at least 4 members (excludes halogenated alkanes) is 1. The molecule has 0 spiro atoms. The first kappa shape index (κ1) is 31.1. The number of Topliss-reactive ketones (excluding diaryl/α,β-unsaturated/α-hetero) is 1. The Morgan fingerprint density at radius 2 is 1.80 bits per heavy atom. The van der Waals surface area contributed by atoms with Gasteiger partial charge in [0.25, 0.3) is 0 Å². The Labute approximate surface area is 241 Å². The van der Waals surface area contributed by atoms with Gasteiger partial charge >= 0.3 is 0 Å². The zero-order chi connectivity index (χ0) is 28.0. The number of aliphatic hydroxyl groups excluding tert-OH is 1. The molecule has 40 heavy (non-hydrogen) atoms. The number of ketones is 1. The number of carbonyl (C=O) groups is 1. The average Bonchev–Trinajstić information content (AvgIpc) is 3.26. The third kappa shape index (κ3) is 10.5. The first-order valence-electron chi connectivity index (χ1n) is 15.7. The second-order valence-electron chi connectivity index (χ2n) is 11.7. The smallest absolute Gasteiger partial charge is 0.158 e. The number of rotatable bonds is 15. The number of hydrogen-bond donors (Lipinski definition) is 1. The zero-order valence-electron chi connectivity index (χ0n) is 24.3. The van der Waals surface area contributed by atoms with Gasteiger partial charge in [0.2, 0.25) is 0 Å². The highest BCUT2D eigenvalue weighted by Crippen LogP contribution is 2.39. The van der Waals surface area contributed by atoms with Crippen LogP contribution in [-0.2, 0) is 30.2 Å². The maximum atomic E-state index is 11.2. The first-order valence-corrected chi connectivity index (χ1v) is 15.7. The fourth-order valence-electron chi connectivity index (χ4n) is 6.11. The van der Waals surface area contributed by atoms with Crippen molar-refractivity contribution in [3.05, 3.63) is 60.2 Å². The van der Waals surface area contributed by atoms with Crippen LogP contribution in [0, 0.1) is 11.8 Å². The SMILES string of the molecule is CC(=O)CCC/C=C\C[C@@H]1[C@@H](/C=C/[C@H](CCc2ccccc2)OC2CCCCO2)[C@H](OC2CCCCO2)C[C@@H]1O. The topological polar surface area (TPSA) is 74.2 Å². The molecule has 1 aliphatic carbocycles. The maximum absolute atomic E-state index is 11.2. The van der Waals surface area contributed by atoms with Crippen LogP contribution in [0.3, 0.4) is 0 Å². The van der Waals surface area contributed by atoms with Gasteiger partial charge in [-0.05, 0) is 89.0 Å². The molecule has 2 aliphatic heterocycles. The van der Waals surface area contributed by atoms with E-state index in [4.69, 9.17) is 18.9 Å². The molecule has 0 aromatic heterocycles. The summed E-state index contributed by atoms with van der Waals surface area (Å²) in [7, 11) is 0. The lowest BCUT2D eigenvalue weighted by Crippen LogP contribution is -2.31. The van der Waals surface area contributed by atoms with Crippen molar-refractivity contribution in [2.24, 2.45) is 11.8 Å². The van der Waals surface area contributed by atoms with E-state index in [0.717, 1.165) is 83.8 Å². The van der Waals surface area contributed by atoms with E-state index in [1.165, 1.54) is 5.56 Å². The molecule has 0 amide bonds. The van der Waals surface area contributed by atoms with E-state index < -0.39 is 6.10 Å². The van der Waals surface area contributed by atoms with Crippen LogP contribution in [0.4, 0.5) is 0 Å². The van der Waals surface area contributed by atoms with Crippen molar-refractivity contribution in [1.29, 1.82) is 0 Å². The number of aliphatic hydroxyl groups is 1. The summed E-state index contributed by atoms with van der Waals surface area (Å²) < 4.78 is 24.8. The van der Waals surface area contributed by atoms with Crippen LogP contribution in [0.15, 0.2) is 54.6 Å². The summed E-state index contributed by atoms with van der Waals surface area (Å²) in [5.41, 5.74) is 1.30. The van der Waals surface area contributed by atoms with Crippen molar-refractivity contribution in [1.82, 2.24) is 0 Å². The highest BCUT2D eigenvalue weighted by molar-refractivity contribution is 5.75. The third-order valence-electron chi connectivity index (χ3n) is 8.40. The Hall–Kier alpha value is -1.83. The van der Waals surface area contributed by atoms with Crippen LogP contribution >= 0.6 is 0 Å². The number of aryl methyl sites for hydroxylation is 1. The van der Waals surface area contributed by atoms with Crippen molar-refractivity contribution < 1.29 is 28.8 Å². The molecule has 3 fully saturated rings. The minimum absolute atomic E-state index is 0.0644. The van der Waals surface area contributed by atoms with E-state index in [1.807, 2.05) is 6.07 Å². The molecular formula is C34H50O6. The Morgan fingerprint density at radius 3 is 2.50 bits per heavy atom. The molecular weight excluding hydrogens is 504 g/mol. The second-order valence-corrected chi connectivity index (χ2v) is 11.7. The maximum Gasteiger partial charge on any atom is 0.158 e. The third-order valence-corrected chi connectivity index (χ3v) is 8.40. The van der Waals surface area contributed by atoms with Gasteiger partial charge in [0.1, 0.15) is 5.78 Å². The minimum Gasteiger partial charge on any atom is -0.393 e. The molecule has 2 unspecified atom stereocenters. The van der Waals surface area contributed by atoms with E-state index in [2.05, 4.69) is 48.6 Å². The predicted octanol–water partition coefficient (Wildman–Crippen LogP) is 6.70. The average molecular weight is 555 g/mol. The van der Waals surface area contributed by atoms with Gasteiger partial charge in [-0.2, -0.15) is 0 Å². The lowest BCUT2D eigenvalue weighted by atomic mass is 9.89. The summed E-state index contributed by atoms with van der Waals surface area (Å²) in [5, 5.41) is 11.1. The van der Waals surface area contributed by atoms with Crippen molar-refractivity contribution in [2.75, 3.05) is 13.2 Å². The van der Waals surface area contributed by atoms with Crippen LogP contribution < -0.4 is 0 Å². The van der Waals surface area contributed by atoms with Crippen LogP contribution in [0.25, 0.3) is 0 Å². The van der Waals surface area contributed by atoms with Gasteiger partial charge in [-0.3, -0.25) is 0 Å². The summed E-state index contributed by atoms with van der Waals surface area (Å²) >= 11 is 0. The van der Waals surface area contributed by atoms with Gasteiger partial charge in [0.15, 0.2) is 12.6 Å². The first-order chi connectivity index (χ1) is 19.6. The second kappa shape index (κ2) is 17.2. The van der Waals surface area contributed by atoms with E-state index in [1.54, 1.807) is 6.92 Å². The molecule has 3 aliphatic rings. The fraction of sp³-hybridized carbons (Fsp3) is 0.676. The van der Waals surface area contributed by atoms with Gasteiger partial charge in [0, 0.05) is 32.0 Å². The zero-order valence-corrected chi connectivity index (χ0v) is 24.3. The van der Waals surface area contributed by atoms with Crippen molar-refractivity contribution in [2.45, 2.75) is 121 Å². The molecule has 2 heterocycles. The lowest BCUT2D eigenvalue weighted by Gasteiger charge is -2.30. The van der Waals surface area contributed by atoms with Crippen molar-refractivity contribution in [3.8, 4) is 0 Å². The molecule has 1 saturated carbocycles. The summed E-state index contributed by atoms with van der Waals surface area (Å²) in [6.07, 6.45) is 19.6. The van der Waals surface area contributed by atoms with Crippen molar-refractivity contribution in [3.63, 3.8) is 0 Å². The molecule has 2 saturated heterocycles. The standard InChI is InChI=1S/C34H50O6/c1-26(35)13-5-2-3-8-16-29-30(32(25-31(29)36)40-34-18-10-12-24-38-34)22-21-28(39-33-17-9-11-23-37-33)20-19-27-14-6-4-7-15-27/h3-4,6-8,14-15,21-22,28-34,36H,2,5,9-13,16-20,23-25H2,1H3/b8-3-,22-21+/t28-,29+,30+,31-,32+,33?,34?/m0/s1. The number of benzene rings is 1. The molecule has 1 aromatic rings. The van der Waals surface area contributed by atoms with Crippen LogP contribution in [0.2, 0.25) is 0 Å². The monoisotopic (exact) mass is 554 g/mol. The highest BCUT2D eigenvalue weighted by Gasteiger charge is 2.42. The number of hydrogen-bond acceptors (Lipinski definition) is 6. The van der Waals surface area contributed by atoms with Crippen LogP contribution in [0.1, 0.15) is 89.5 Å². The fourth-order valence-corrected chi connectivity index (χ4v) is 6.11. The molecule has 6 heteroatoms. The highest BCUT2D eigenvalue weighted by atomic mass is 16.7. The molecule has 1 aromatic carbocycles. The largest absolute Gasteiger partial charge is 0.393 e. The molecule has 0 radical (unpaired) electrons. The molecule has 222 valence electrons. The van der Waals surface area contributed by atoms with Crippen LogP contribution in [-0.4, -0.2) is 55.0 Å². The van der Waals surface area contributed by atoms with E-state index >= 15 is 0 Å². The van der Waals surface area contributed by atoms with Crippen LogP contribution in [0.5, 0.6) is 0 Å². The summed E-state index contributed by atoms with van der Waals surface area (Å²) in [4.78, 5) is 11.2. The normalized spacial score (nSPS) is 30.2. The Morgan fingerprint density at radius 1 is 1.05 bits per heavy atom. The number of allylic oxidation sites excluding steroid dienone is 2. The minimum atomic E-state index is -0.435.